The molecule has 0 saturated carbocycles. The summed E-state index contributed by atoms with van der Waals surface area (Å²) in [5.74, 6) is -0.0407. The van der Waals surface area contributed by atoms with E-state index in [9.17, 15) is 18.0 Å². The SMILES string of the molecule is CCN(CC)S(=O)(=O)c1ccc(NC(=O)c2cn(CC)c3ccc(OC)cc3c2=O)cc1. The van der Waals surface area contributed by atoms with Crippen molar-refractivity contribution in [3.8, 4) is 5.75 Å². The van der Waals surface area contributed by atoms with Gasteiger partial charge in [0.05, 0.1) is 22.9 Å². The Morgan fingerprint density at radius 1 is 1.06 bits per heavy atom. The maximum absolute atomic E-state index is 13.0. The largest absolute Gasteiger partial charge is 0.497 e. The first kappa shape index (κ1) is 23.5. The van der Waals surface area contributed by atoms with Crippen LogP contribution in [-0.2, 0) is 16.6 Å². The Hall–Kier alpha value is -3.17. The predicted octanol–water partition coefficient (Wildman–Crippen LogP) is 3.31. The van der Waals surface area contributed by atoms with Crippen LogP contribution in [0, 0.1) is 0 Å². The molecule has 170 valence electrons. The summed E-state index contributed by atoms with van der Waals surface area (Å²) in [5.41, 5.74) is 0.691. The van der Waals surface area contributed by atoms with Gasteiger partial charge in [0.2, 0.25) is 15.5 Å². The van der Waals surface area contributed by atoms with Gasteiger partial charge in [0.1, 0.15) is 11.3 Å². The molecule has 9 heteroatoms. The number of hydrogen-bond donors (Lipinski definition) is 1. The maximum Gasteiger partial charge on any atom is 0.261 e. The number of carbonyl (C=O) groups excluding carboxylic acids is 1. The Balaban J connectivity index is 1.94. The van der Waals surface area contributed by atoms with Crippen LogP contribution in [-0.4, -0.2) is 43.4 Å². The third-order valence-electron chi connectivity index (χ3n) is 5.33. The number of nitrogens with one attached hydrogen (secondary N) is 1. The number of hydrogen-bond acceptors (Lipinski definition) is 5. The number of fused-ring (bicyclic) bond motifs is 1. The Bertz CT molecular complexity index is 1290. The second-order valence-corrected chi connectivity index (χ2v) is 9.05. The van der Waals surface area contributed by atoms with E-state index in [1.165, 1.54) is 41.9 Å². The molecule has 2 aromatic carbocycles. The number of aromatic nitrogens is 1. The first-order chi connectivity index (χ1) is 15.3. The first-order valence-corrected chi connectivity index (χ1v) is 11.8. The van der Waals surface area contributed by atoms with Crippen LogP contribution in [0.5, 0.6) is 5.75 Å². The minimum Gasteiger partial charge on any atom is -0.497 e. The normalized spacial score (nSPS) is 11.7. The molecule has 0 spiro atoms. The van der Waals surface area contributed by atoms with E-state index in [4.69, 9.17) is 4.74 Å². The van der Waals surface area contributed by atoms with Crippen LogP contribution >= 0.6 is 0 Å². The number of anilines is 1. The zero-order valence-corrected chi connectivity index (χ0v) is 19.4. The molecular formula is C23H27N3O5S. The molecule has 0 bridgehead atoms. The lowest BCUT2D eigenvalue weighted by Crippen LogP contribution is -2.30. The predicted molar refractivity (Wildman–Crippen MR) is 125 cm³/mol. The van der Waals surface area contributed by atoms with Gasteiger partial charge in [-0.1, -0.05) is 13.8 Å². The van der Waals surface area contributed by atoms with Crippen molar-refractivity contribution in [3.63, 3.8) is 0 Å². The van der Waals surface area contributed by atoms with Gasteiger partial charge in [-0.15, -0.1) is 0 Å². The van der Waals surface area contributed by atoms with Crippen LogP contribution in [0.1, 0.15) is 31.1 Å². The standard InChI is InChI=1S/C23H27N3O5S/c1-5-25-15-20(22(27)19-14-17(31-4)10-13-21(19)25)23(28)24-16-8-11-18(12-9-16)32(29,30)26(6-2)7-3/h8-15H,5-7H2,1-4H3,(H,24,28). The highest BCUT2D eigenvalue weighted by atomic mass is 32.2. The third-order valence-corrected chi connectivity index (χ3v) is 7.39. The molecule has 0 fully saturated rings. The number of aryl methyl sites for hydroxylation is 1. The number of amides is 1. The van der Waals surface area contributed by atoms with Crippen LogP contribution in [0.2, 0.25) is 0 Å². The van der Waals surface area contributed by atoms with Crippen molar-refractivity contribution in [2.24, 2.45) is 0 Å². The molecule has 1 N–H and O–H groups in total. The highest BCUT2D eigenvalue weighted by Crippen LogP contribution is 2.21. The highest BCUT2D eigenvalue weighted by Gasteiger charge is 2.22. The molecule has 0 unspecified atom stereocenters. The fourth-order valence-electron chi connectivity index (χ4n) is 3.55. The minimum absolute atomic E-state index is 0.00700. The van der Waals surface area contributed by atoms with Crippen molar-refractivity contribution in [2.75, 3.05) is 25.5 Å². The summed E-state index contributed by atoms with van der Waals surface area (Å²) in [4.78, 5) is 26.1. The molecule has 0 aliphatic heterocycles. The van der Waals surface area contributed by atoms with Crippen molar-refractivity contribution < 1.29 is 17.9 Å². The van der Waals surface area contributed by atoms with Gasteiger partial charge in [0, 0.05) is 31.5 Å². The number of methoxy groups -OCH3 is 1. The summed E-state index contributed by atoms with van der Waals surface area (Å²) in [6.45, 7) is 6.78. The molecule has 1 aromatic heterocycles. The molecule has 0 saturated heterocycles. The van der Waals surface area contributed by atoms with E-state index in [2.05, 4.69) is 5.32 Å². The zero-order valence-electron chi connectivity index (χ0n) is 18.6. The summed E-state index contributed by atoms with van der Waals surface area (Å²) < 4.78 is 33.7. The smallest absolute Gasteiger partial charge is 0.261 e. The van der Waals surface area contributed by atoms with Gasteiger partial charge in [-0.3, -0.25) is 9.59 Å². The summed E-state index contributed by atoms with van der Waals surface area (Å²) in [7, 11) is -2.08. The molecule has 1 heterocycles. The summed E-state index contributed by atoms with van der Waals surface area (Å²) in [6.07, 6.45) is 1.53. The first-order valence-electron chi connectivity index (χ1n) is 10.4. The van der Waals surface area contributed by atoms with Crippen molar-refractivity contribution in [1.82, 2.24) is 8.87 Å². The van der Waals surface area contributed by atoms with Gasteiger partial charge in [-0.25, -0.2) is 8.42 Å². The highest BCUT2D eigenvalue weighted by molar-refractivity contribution is 7.89. The quantitative estimate of drug-likeness (QED) is 0.560. The van der Waals surface area contributed by atoms with Gasteiger partial charge in [0.15, 0.2) is 0 Å². The summed E-state index contributed by atoms with van der Waals surface area (Å²) in [5, 5.41) is 3.08. The average Bonchev–Trinajstić information content (AvgIpc) is 2.80. The minimum atomic E-state index is -3.59. The number of sulfonamides is 1. The van der Waals surface area contributed by atoms with Crippen molar-refractivity contribution >= 4 is 32.5 Å². The van der Waals surface area contributed by atoms with Gasteiger partial charge < -0.3 is 14.6 Å². The Morgan fingerprint density at radius 3 is 2.28 bits per heavy atom. The van der Waals surface area contributed by atoms with E-state index in [1.54, 1.807) is 32.0 Å². The van der Waals surface area contributed by atoms with E-state index in [0.29, 0.717) is 42.0 Å². The van der Waals surface area contributed by atoms with Crippen LogP contribution in [0.3, 0.4) is 0 Å². The molecular weight excluding hydrogens is 430 g/mol. The molecule has 3 rings (SSSR count). The monoisotopic (exact) mass is 457 g/mol. The Kier molecular flexibility index (Phi) is 7.00. The molecule has 3 aromatic rings. The second-order valence-electron chi connectivity index (χ2n) is 7.11. The zero-order chi connectivity index (χ0) is 23.5. The van der Waals surface area contributed by atoms with Gasteiger partial charge in [-0.2, -0.15) is 4.31 Å². The third kappa shape index (κ3) is 4.39. The van der Waals surface area contributed by atoms with Crippen molar-refractivity contribution in [1.29, 1.82) is 0 Å². The lowest BCUT2D eigenvalue weighted by atomic mass is 10.1. The lowest BCUT2D eigenvalue weighted by Gasteiger charge is -2.18. The number of benzene rings is 2. The molecule has 32 heavy (non-hydrogen) atoms. The van der Waals surface area contributed by atoms with E-state index >= 15 is 0 Å². The van der Waals surface area contributed by atoms with Crippen LogP contribution < -0.4 is 15.5 Å². The second kappa shape index (κ2) is 9.54. The molecule has 0 atom stereocenters. The van der Waals surface area contributed by atoms with Crippen LogP contribution in [0.15, 0.2) is 58.4 Å². The number of nitrogens with zero attached hydrogens (tertiary/aromatic N) is 2. The Labute approximate surface area is 187 Å². The number of ether oxygens (including phenoxy) is 1. The van der Waals surface area contributed by atoms with Crippen LogP contribution in [0.4, 0.5) is 5.69 Å². The molecule has 1 amide bonds. The number of carbonyl (C=O) groups is 1. The van der Waals surface area contributed by atoms with Gasteiger partial charge >= 0.3 is 0 Å². The topological polar surface area (TPSA) is 97.7 Å². The fraction of sp³-hybridized carbons (Fsp3) is 0.304. The lowest BCUT2D eigenvalue weighted by molar-refractivity contribution is 0.102. The summed E-state index contributed by atoms with van der Waals surface area (Å²) in [6, 6.07) is 11.1. The summed E-state index contributed by atoms with van der Waals surface area (Å²) >= 11 is 0. The van der Waals surface area contributed by atoms with Crippen molar-refractivity contribution in [2.45, 2.75) is 32.2 Å². The van der Waals surface area contributed by atoms with Crippen LogP contribution in [0.25, 0.3) is 10.9 Å². The maximum atomic E-state index is 13.0. The van der Waals surface area contributed by atoms with E-state index in [1.807, 2.05) is 11.5 Å². The van der Waals surface area contributed by atoms with Gasteiger partial charge in [0.25, 0.3) is 5.91 Å². The Morgan fingerprint density at radius 2 is 1.72 bits per heavy atom. The molecule has 0 radical (unpaired) electrons. The number of pyridine rings is 1. The molecule has 0 aliphatic rings. The fourth-order valence-corrected chi connectivity index (χ4v) is 5.01. The number of rotatable bonds is 8. The average molecular weight is 458 g/mol. The van der Waals surface area contributed by atoms with E-state index in [-0.39, 0.29) is 10.5 Å². The van der Waals surface area contributed by atoms with E-state index < -0.39 is 21.4 Å². The van der Waals surface area contributed by atoms with Gasteiger partial charge in [-0.05, 0) is 49.4 Å². The van der Waals surface area contributed by atoms with E-state index in [0.717, 1.165) is 0 Å². The van der Waals surface area contributed by atoms with Crippen molar-refractivity contribution in [3.05, 3.63) is 64.4 Å². The molecule has 8 nitrogen and oxygen atoms in total. The molecule has 0 aliphatic carbocycles.